The van der Waals surface area contributed by atoms with Crippen molar-refractivity contribution in [3.63, 3.8) is 0 Å². The predicted molar refractivity (Wildman–Crippen MR) is 82.7 cm³/mol. The second-order valence-electron chi connectivity index (χ2n) is 4.71. The van der Waals surface area contributed by atoms with E-state index in [1.54, 1.807) is 7.11 Å². The van der Waals surface area contributed by atoms with Crippen LogP contribution >= 0.6 is 15.9 Å². The molecule has 0 heterocycles. The van der Waals surface area contributed by atoms with Crippen LogP contribution < -0.4 is 10.1 Å². The van der Waals surface area contributed by atoms with Crippen LogP contribution in [0.5, 0.6) is 5.75 Å². The molecule has 2 N–H and O–H groups in total. The van der Waals surface area contributed by atoms with Crippen molar-refractivity contribution in [2.45, 2.75) is 38.6 Å². The second-order valence-corrected chi connectivity index (χ2v) is 5.56. The number of nitrogens with one attached hydrogen (secondary N) is 1. The number of hydrogen-bond acceptors (Lipinski definition) is 3. The van der Waals surface area contributed by atoms with E-state index in [1.807, 2.05) is 6.07 Å². The standard InChI is InChI=1S/C15H24BrNO2/c1-12(17-9-5-3-4-6-10-18)13-7-8-15(19-2)14(16)11-13/h7-8,11-12,17-18H,3-6,9-10H2,1-2H3. The molecule has 0 aromatic heterocycles. The van der Waals surface area contributed by atoms with Gasteiger partial charge in [-0.2, -0.15) is 0 Å². The van der Waals surface area contributed by atoms with E-state index in [0.29, 0.717) is 12.6 Å². The fraction of sp³-hybridized carbons (Fsp3) is 0.600. The molecule has 1 unspecified atom stereocenters. The van der Waals surface area contributed by atoms with E-state index in [4.69, 9.17) is 9.84 Å². The lowest BCUT2D eigenvalue weighted by Gasteiger charge is -2.15. The topological polar surface area (TPSA) is 41.5 Å². The third-order valence-corrected chi connectivity index (χ3v) is 3.83. The van der Waals surface area contributed by atoms with E-state index in [1.165, 1.54) is 12.0 Å². The Morgan fingerprint density at radius 3 is 2.63 bits per heavy atom. The molecule has 1 aromatic rings. The molecular weight excluding hydrogens is 306 g/mol. The summed E-state index contributed by atoms with van der Waals surface area (Å²) in [6, 6.07) is 6.51. The minimum absolute atomic E-state index is 0.309. The van der Waals surface area contributed by atoms with Gasteiger partial charge in [-0.3, -0.25) is 0 Å². The Kier molecular flexibility index (Phi) is 8.10. The van der Waals surface area contributed by atoms with Gasteiger partial charge in [0, 0.05) is 12.6 Å². The lowest BCUT2D eigenvalue weighted by Crippen LogP contribution is -2.19. The lowest BCUT2D eigenvalue weighted by molar-refractivity contribution is 0.282. The fourth-order valence-corrected chi connectivity index (χ4v) is 2.54. The van der Waals surface area contributed by atoms with E-state index in [0.717, 1.165) is 36.0 Å². The van der Waals surface area contributed by atoms with Crippen molar-refractivity contribution in [3.05, 3.63) is 28.2 Å². The van der Waals surface area contributed by atoms with Crippen LogP contribution in [-0.4, -0.2) is 25.4 Å². The maximum atomic E-state index is 8.70. The molecule has 0 fully saturated rings. The Labute approximate surface area is 124 Å². The van der Waals surface area contributed by atoms with Crippen LogP contribution in [0.25, 0.3) is 0 Å². The summed E-state index contributed by atoms with van der Waals surface area (Å²) in [5.41, 5.74) is 1.25. The van der Waals surface area contributed by atoms with Crippen molar-refractivity contribution in [1.82, 2.24) is 5.32 Å². The number of aliphatic hydroxyl groups excluding tert-OH is 1. The molecular formula is C15H24BrNO2. The number of aliphatic hydroxyl groups is 1. The number of hydrogen-bond donors (Lipinski definition) is 2. The zero-order valence-electron chi connectivity index (χ0n) is 11.8. The van der Waals surface area contributed by atoms with Gasteiger partial charge in [-0.15, -0.1) is 0 Å². The van der Waals surface area contributed by atoms with Crippen molar-refractivity contribution >= 4 is 15.9 Å². The smallest absolute Gasteiger partial charge is 0.133 e. The normalized spacial score (nSPS) is 12.4. The highest BCUT2D eigenvalue weighted by Crippen LogP contribution is 2.27. The Morgan fingerprint density at radius 1 is 1.26 bits per heavy atom. The fourth-order valence-electron chi connectivity index (χ4n) is 1.98. The molecule has 0 bridgehead atoms. The molecule has 0 aliphatic carbocycles. The highest BCUT2D eigenvalue weighted by molar-refractivity contribution is 9.10. The molecule has 0 radical (unpaired) electrons. The highest BCUT2D eigenvalue weighted by atomic mass is 79.9. The zero-order chi connectivity index (χ0) is 14.1. The van der Waals surface area contributed by atoms with Crippen molar-refractivity contribution in [1.29, 1.82) is 0 Å². The summed E-state index contributed by atoms with van der Waals surface area (Å²) in [7, 11) is 1.67. The summed E-state index contributed by atoms with van der Waals surface area (Å²) >= 11 is 3.51. The van der Waals surface area contributed by atoms with E-state index in [9.17, 15) is 0 Å². The van der Waals surface area contributed by atoms with Crippen LogP contribution in [0.2, 0.25) is 0 Å². The van der Waals surface area contributed by atoms with Gasteiger partial charge < -0.3 is 15.2 Å². The molecule has 19 heavy (non-hydrogen) atoms. The minimum Gasteiger partial charge on any atom is -0.496 e. The third kappa shape index (κ3) is 5.93. The largest absolute Gasteiger partial charge is 0.496 e. The molecule has 0 spiro atoms. The number of benzene rings is 1. The molecule has 1 rings (SSSR count). The predicted octanol–water partition coefficient (Wildman–Crippen LogP) is 3.66. The average molecular weight is 330 g/mol. The van der Waals surface area contributed by atoms with E-state index in [2.05, 4.69) is 40.3 Å². The summed E-state index contributed by atoms with van der Waals surface area (Å²) < 4.78 is 6.22. The van der Waals surface area contributed by atoms with Crippen LogP contribution in [0.1, 0.15) is 44.2 Å². The Morgan fingerprint density at radius 2 is 2.00 bits per heavy atom. The molecule has 0 saturated heterocycles. The van der Waals surface area contributed by atoms with Crippen molar-refractivity contribution < 1.29 is 9.84 Å². The number of methoxy groups -OCH3 is 1. The van der Waals surface area contributed by atoms with Crippen LogP contribution in [0.15, 0.2) is 22.7 Å². The van der Waals surface area contributed by atoms with Gasteiger partial charge in [0.2, 0.25) is 0 Å². The number of halogens is 1. The monoisotopic (exact) mass is 329 g/mol. The molecule has 0 saturated carbocycles. The van der Waals surface area contributed by atoms with E-state index >= 15 is 0 Å². The summed E-state index contributed by atoms with van der Waals surface area (Å²) in [5.74, 6) is 0.861. The second kappa shape index (κ2) is 9.34. The first-order valence-electron chi connectivity index (χ1n) is 6.86. The summed E-state index contributed by atoms with van der Waals surface area (Å²) in [6.45, 7) is 3.49. The zero-order valence-corrected chi connectivity index (χ0v) is 13.4. The molecule has 0 amide bonds. The molecule has 0 aliphatic heterocycles. The Bertz CT molecular complexity index is 371. The number of unbranched alkanes of at least 4 members (excludes halogenated alkanes) is 3. The van der Waals surface area contributed by atoms with Gasteiger partial charge in [-0.1, -0.05) is 18.9 Å². The first-order chi connectivity index (χ1) is 9.19. The molecule has 4 heteroatoms. The quantitative estimate of drug-likeness (QED) is 0.679. The van der Waals surface area contributed by atoms with Gasteiger partial charge in [0.1, 0.15) is 5.75 Å². The van der Waals surface area contributed by atoms with Gasteiger partial charge in [-0.25, -0.2) is 0 Å². The van der Waals surface area contributed by atoms with Crippen LogP contribution in [0.4, 0.5) is 0 Å². The molecule has 1 atom stereocenters. The molecule has 1 aromatic carbocycles. The summed E-state index contributed by atoms with van der Waals surface area (Å²) in [4.78, 5) is 0. The maximum Gasteiger partial charge on any atom is 0.133 e. The minimum atomic E-state index is 0.309. The van der Waals surface area contributed by atoms with Crippen molar-refractivity contribution in [2.24, 2.45) is 0 Å². The third-order valence-electron chi connectivity index (χ3n) is 3.21. The van der Waals surface area contributed by atoms with Gasteiger partial charge >= 0.3 is 0 Å². The Balaban J connectivity index is 2.33. The van der Waals surface area contributed by atoms with Gasteiger partial charge in [0.05, 0.1) is 11.6 Å². The van der Waals surface area contributed by atoms with Gasteiger partial charge in [0.25, 0.3) is 0 Å². The van der Waals surface area contributed by atoms with E-state index < -0.39 is 0 Å². The average Bonchev–Trinajstić information content (AvgIpc) is 2.42. The van der Waals surface area contributed by atoms with Gasteiger partial charge in [0.15, 0.2) is 0 Å². The van der Waals surface area contributed by atoms with Crippen molar-refractivity contribution in [3.8, 4) is 5.75 Å². The van der Waals surface area contributed by atoms with Crippen LogP contribution in [0, 0.1) is 0 Å². The first-order valence-corrected chi connectivity index (χ1v) is 7.66. The van der Waals surface area contributed by atoms with Crippen LogP contribution in [0.3, 0.4) is 0 Å². The highest BCUT2D eigenvalue weighted by Gasteiger charge is 2.07. The molecule has 0 aliphatic rings. The maximum absolute atomic E-state index is 8.70. The van der Waals surface area contributed by atoms with Crippen LogP contribution in [-0.2, 0) is 0 Å². The summed E-state index contributed by atoms with van der Waals surface area (Å²) in [6.07, 6.45) is 4.36. The Hall–Kier alpha value is -0.580. The summed E-state index contributed by atoms with van der Waals surface area (Å²) in [5, 5.41) is 12.2. The SMILES string of the molecule is COc1ccc(C(C)NCCCCCCO)cc1Br. The first kappa shape index (κ1) is 16.5. The lowest BCUT2D eigenvalue weighted by atomic mass is 10.1. The van der Waals surface area contributed by atoms with E-state index in [-0.39, 0.29) is 0 Å². The van der Waals surface area contributed by atoms with Gasteiger partial charge in [-0.05, 0) is 59.9 Å². The molecule has 108 valence electrons. The molecule has 3 nitrogen and oxygen atoms in total. The number of ether oxygens (including phenoxy) is 1. The number of rotatable bonds is 9. The van der Waals surface area contributed by atoms with Crippen molar-refractivity contribution in [2.75, 3.05) is 20.3 Å².